The fourth-order valence-electron chi connectivity index (χ4n) is 0.841. The highest BCUT2D eigenvalue weighted by Gasteiger charge is 2.10. The first kappa shape index (κ1) is 13.1. The van der Waals surface area contributed by atoms with E-state index in [4.69, 9.17) is 0 Å². The normalized spacial score (nSPS) is 10.5. The Balaban J connectivity index is 2.46. The lowest BCUT2D eigenvalue weighted by Crippen LogP contribution is -2.14. The maximum atomic E-state index is 11.4. The lowest BCUT2D eigenvalue weighted by molar-refractivity contribution is -0.114. The molecule has 16 heavy (non-hydrogen) atoms. The predicted molar refractivity (Wildman–Crippen MR) is 65.8 cm³/mol. The third-order valence-corrected chi connectivity index (χ3v) is 3.54. The molecule has 0 unspecified atom stereocenters. The minimum Gasteiger partial charge on any atom is -0.300 e. The molecule has 0 aliphatic carbocycles. The lowest BCUT2D eigenvalue weighted by atomic mass is 10.2. The van der Waals surface area contributed by atoms with Crippen LogP contribution in [0.4, 0.5) is 5.13 Å². The van der Waals surface area contributed by atoms with Crippen molar-refractivity contribution in [3.05, 3.63) is 5.01 Å². The fourth-order valence-corrected chi connectivity index (χ4v) is 2.01. The van der Waals surface area contributed by atoms with Crippen LogP contribution in [0.2, 0.25) is 0 Å². The number of anilines is 1. The maximum Gasteiger partial charge on any atom is 0.236 e. The Labute approximate surface area is 102 Å². The quantitative estimate of drug-likeness (QED) is 0.893. The number of amides is 1. The number of aromatic nitrogens is 2. The summed E-state index contributed by atoms with van der Waals surface area (Å²) >= 11 is 2.33. The topological polar surface area (TPSA) is 72.0 Å². The zero-order valence-corrected chi connectivity index (χ0v) is 10.9. The summed E-state index contributed by atoms with van der Waals surface area (Å²) in [6, 6.07) is 0. The molecule has 1 aromatic rings. The highest BCUT2D eigenvalue weighted by atomic mass is 32.2. The third kappa shape index (κ3) is 4.28. The number of hydrogen-bond acceptors (Lipinski definition) is 6. The molecule has 0 aliphatic rings. The molecule has 0 atom stereocenters. The van der Waals surface area contributed by atoms with Crippen molar-refractivity contribution in [2.24, 2.45) is 0 Å². The number of rotatable bonds is 4. The van der Waals surface area contributed by atoms with Crippen LogP contribution < -0.4 is 5.32 Å². The summed E-state index contributed by atoms with van der Waals surface area (Å²) in [7, 11) is 0. The predicted octanol–water partition coefficient (Wildman–Crippen LogP) is 1.88. The highest BCUT2D eigenvalue weighted by molar-refractivity contribution is 8.14. The van der Waals surface area contributed by atoms with Crippen molar-refractivity contribution in [1.82, 2.24) is 10.2 Å². The van der Waals surface area contributed by atoms with E-state index in [9.17, 15) is 9.59 Å². The zero-order chi connectivity index (χ0) is 12.1. The Morgan fingerprint density at radius 3 is 2.62 bits per heavy atom. The summed E-state index contributed by atoms with van der Waals surface area (Å²) < 4.78 is 0. The Kier molecular flexibility index (Phi) is 4.88. The molecule has 0 spiro atoms. The van der Waals surface area contributed by atoms with Crippen molar-refractivity contribution in [2.45, 2.75) is 26.7 Å². The standard InChI is InChI=1S/C9H13N3O2S2/c1-5(2)8-11-12-9(16-8)10-7(14)4-15-6(3)13/h5H,4H2,1-3H3,(H,10,12,14). The number of nitrogens with zero attached hydrogens (tertiary/aromatic N) is 2. The van der Waals surface area contributed by atoms with Gasteiger partial charge in [0.2, 0.25) is 11.0 Å². The Bertz CT molecular complexity index is 390. The SMILES string of the molecule is CC(=O)SCC(=O)Nc1nnc(C(C)C)s1. The van der Waals surface area contributed by atoms with Crippen LogP contribution in [0.3, 0.4) is 0 Å². The van der Waals surface area contributed by atoms with Gasteiger partial charge in [0, 0.05) is 12.8 Å². The molecule has 0 bridgehead atoms. The molecule has 0 aromatic carbocycles. The average Bonchev–Trinajstić information content (AvgIpc) is 2.63. The van der Waals surface area contributed by atoms with E-state index < -0.39 is 0 Å². The van der Waals surface area contributed by atoms with Gasteiger partial charge >= 0.3 is 0 Å². The smallest absolute Gasteiger partial charge is 0.236 e. The first-order chi connectivity index (χ1) is 7.49. The van der Waals surface area contributed by atoms with E-state index in [1.54, 1.807) is 0 Å². The molecule has 88 valence electrons. The fraction of sp³-hybridized carbons (Fsp3) is 0.556. The Morgan fingerprint density at radius 1 is 1.44 bits per heavy atom. The minimum absolute atomic E-state index is 0.0738. The van der Waals surface area contributed by atoms with Crippen molar-refractivity contribution in [3.63, 3.8) is 0 Å². The second kappa shape index (κ2) is 5.95. The Morgan fingerprint density at radius 2 is 2.12 bits per heavy atom. The third-order valence-electron chi connectivity index (χ3n) is 1.59. The van der Waals surface area contributed by atoms with Crippen molar-refractivity contribution < 1.29 is 9.59 Å². The van der Waals surface area contributed by atoms with E-state index in [0.29, 0.717) is 11.0 Å². The molecule has 7 heteroatoms. The summed E-state index contributed by atoms with van der Waals surface area (Å²) in [6.45, 7) is 5.45. The van der Waals surface area contributed by atoms with E-state index >= 15 is 0 Å². The molecule has 0 saturated heterocycles. The number of carbonyl (C=O) groups is 2. The van der Waals surface area contributed by atoms with Crippen LogP contribution in [-0.4, -0.2) is 27.0 Å². The zero-order valence-electron chi connectivity index (χ0n) is 9.31. The van der Waals surface area contributed by atoms with Gasteiger partial charge in [-0.15, -0.1) is 10.2 Å². The maximum absolute atomic E-state index is 11.4. The number of nitrogens with one attached hydrogen (secondary N) is 1. The monoisotopic (exact) mass is 259 g/mol. The van der Waals surface area contributed by atoms with Crippen LogP contribution >= 0.6 is 23.1 Å². The van der Waals surface area contributed by atoms with Crippen molar-refractivity contribution >= 4 is 39.3 Å². The molecule has 0 aliphatic heterocycles. The van der Waals surface area contributed by atoms with Crippen LogP contribution in [0.15, 0.2) is 0 Å². The van der Waals surface area contributed by atoms with Gasteiger partial charge in [-0.05, 0) is 0 Å². The Hall–Kier alpha value is -0.950. The molecule has 0 fully saturated rings. The minimum atomic E-state index is -0.230. The van der Waals surface area contributed by atoms with Crippen LogP contribution in [0.5, 0.6) is 0 Å². The second-order valence-corrected chi connectivity index (χ2v) is 5.59. The molecule has 1 N–H and O–H groups in total. The number of carbonyl (C=O) groups excluding carboxylic acids is 2. The van der Waals surface area contributed by atoms with E-state index in [1.807, 2.05) is 13.8 Å². The highest BCUT2D eigenvalue weighted by Crippen LogP contribution is 2.22. The van der Waals surface area contributed by atoms with Gasteiger partial charge in [-0.1, -0.05) is 36.9 Å². The van der Waals surface area contributed by atoms with Gasteiger partial charge < -0.3 is 0 Å². The lowest BCUT2D eigenvalue weighted by Gasteiger charge is -1.98. The van der Waals surface area contributed by atoms with Crippen molar-refractivity contribution in [3.8, 4) is 0 Å². The van der Waals surface area contributed by atoms with E-state index in [-0.39, 0.29) is 16.8 Å². The van der Waals surface area contributed by atoms with E-state index in [2.05, 4.69) is 15.5 Å². The van der Waals surface area contributed by atoms with Gasteiger partial charge in [0.05, 0.1) is 5.75 Å². The van der Waals surface area contributed by atoms with Gasteiger partial charge in [0.1, 0.15) is 5.01 Å². The van der Waals surface area contributed by atoms with Crippen LogP contribution in [0.1, 0.15) is 31.7 Å². The van der Waals surface area contributed by atoms with Crippen LogP contribution in [0.25, 0.3) is 0 Å². The van der Waals surface area contributed by atoms with Gasteiger partial charge in [0.15, 0.2) is 5.12 Å². The molecule has 5 nitrogen and oxygen atoms in total. The summed E-state index contributed by atoms with van der Waals surface area (Å²) in [6.07, 6.45) is 0. The largest absolute Gasteiger partial charge is 0.300 e. The van der Waals surface area contributed by atoms with Gasteiger partial charge in [-0.3, -0.25) is 14.9 Å². The molecule has 1 heterocycles. The summed E-state index contributed by atoms with van der Waals surface area (Å²) in [4.78, 5) is 22.0. The first-order valence-electron chi connectivity index (χ1n) is 4.75. The van der Waals surface area contributed by atoms with Crippen molar-refractivity contribution in [1.29, 1.82) is 0 Å². The summed E-state index contributed by atoms with van der Waals surface area (Å²) in [5.74, 6) is 0.188. The van der Waals surface area contributed by atoms with Gasteiger partial charge in [-0.2, -0.15) is 0 Å². The first-order valence-corrected chi connectivity index (χ1v) is 6.56. The van der Waals surface area contributed by atoms with Crippen LogP contribution in [-0.2, 0) is 9.59 Å². The molecule has 0 saturated carbocycles. The number of hydrogen-bond donors (Lipinski definition) is 1. The van der Waals surface area contributed by atoms with E-state index in [0.717, 1.165) is 16.8 Å². The average molecular weight is 259 g/mol. The molecular formula is C9H13N3O2S2. The molecular weight excluding hydrogens is 246 g/mol. The van der Waals surface area contributed by atoms with E-state index in [1.165, 1.54) is 18.3 Å². The van der Waals surface area contributed by atoms with Crippen LogP contribution in [0, 0.1) is 0 Å². The molecule has 1 amide bonds. The molecule has 1 aromatic heterocycles. The summed E-state index contributed by atoms with van der Waals surface area (Å²) in [5, 5.41) is 11.7. The van der Waals surface area contributed by atoms with Gasteiger partial charge in [0.25, 0.3) is 0 Å². The molecule has 0 radical (unpaired) electrons. The number of thioether (sulfide) groups is 1. The molecule has 1 rings (SSSR count). The second-order valence-electron chi connectivity index (χ2n) is 3.43. The van der Waals surface area contributed by atoms with Gasteiger partial charge in [-0.25, -0.2) is 0 Å². The summed E-state index contributed by atoms with van der Waals surface area (Å²) in [5.41, 5.74) is 0. The van der Waals surface area contributed by atoms with Crippen molar-refractivity contribution in [2.75, 3.05) is 11.1 Å².